The molecular weight excluding hydrogens is 312 g/mol. The van der Waals surface area contributed by atoms with E-state index in [0.29, 0.717) is 30.9 Å². The van der Waals surface area contributed by atoms with E-state index in [2.05, 4.69) is 15.6 Å². The van der Waals surface area contributed by atoms with Crippen LogP contribution in [0.15, 0.2) is 23.2 Å². The van der Waals surface area contributed by atoms with E-state index in [-0.39, 0.29) is 17.5 Å². The largest absolute Gasteiger partial charge is 0.356 e. The van der Waals surface area contributed by atoms with Gasteiger partial charge < -0.3 is 10.6 Å². The van der Waals surface area contributed by atoms with Gasteiger partial charge in [0, 0.05) is 25.7 Å². The number of hydrogen-bond acceptors (Lipinski definition) is 3. The van der Waals surface area contributed by atoms with Gasteiger partial charge in [-0.05, 0) is 30.5 Å². The average Bonchev–Trinajstić information content (AvgIpc) is 2.75. The second-order valence-corrected chi connectivity index (χ2v) is 7.50. The maximum absolute atomic E-state index is 13.1. The summed E-state index contributed by atoms with van der Waals surface area (Å²) < 4.78 is 48.9. The molecule has 0 aromatic heterocycles. The van der Waals surface area contributed by atoms with E-state index in [1.165, 1.54) is 12.1 Å². The third-order valence-electron chi connectivity index (χ3n) is 3.43. The van der Waals surface area contributed by atoms with Crippen molar-refractivity contribution in [2.24, 2.45) is 4.99 Å². The lowest BCUT2D eigenvalue weighted by Crippen LogP contribution is -2.44. The SMILES string of the molecule is CN=C(NCCc1cc(F)cc(F)c1)NC1CCS(=O)(=O)C1. The van der Waals surface area contributed by atoms with Crippen LogP contribution in [0.5, 0.6) is 0 Å². The minimum absolute atomic E-state index is 0.100. The van der Waals surface area contributed by atoms with Crippen molar-refractivity contribution in [3.8, 4) is 0 Å². The van der Waals surface area contributed by atoms with Gasteiger partial charge in [-0.15, -0.1) is 0 Å². The molecule has 122 valence electrons. The lowest BCUT2D eigenvalue weighted by atomic mass is 10.1. The molecule has 0 spiro atoms. The van der Waals surface area contributed by atoms with Crippen molar-refractivity contribution in [1.29, 1.82) is 0 Å². The molecule has 1 atom stereocenters. The highest BCUT2D eigenvalue weighted by Gasteiger charge is 2.28. The lowest BCUT2D eigenvalue weighted by molar-refractivity contribution is 0.579. The Morgan fingerprint density at radius 3 is 2.55 bits per heavy atom. The number of rotatable bonds is 4. The predicted octanol–water partition coefficient (Wildman–Crippen LogP) is 0.859. The van der Waals surface area contributed by atoms with Crippen molar-refractivity contribution in [3.05, 3.63) is 35.4 Å². The normalized spacial score (nSPS) is 20.9. The molecule has 0 radical (unpaired) electrons. The van der Waals surface area contributed by atoms with Crippen LogP contribution in [0, 0.1) is 11.6 Å². The van der Waals surface area contributed by atoms with Gasteiger partial charge in [0.15, 0.2) is 15.8 Å². The quantitative estimate of drug-likeness (QED) is 0.634. The van der Waals surface area contributed by atoms with Gasteiger partial charge in [-0.1, -0.05) is 0 Å². The lowest BCUT2D eigenvalue weighted by Gasteiger charge is -2.16. The van der Waals surface area contributed by atoms with Crippen LogP contribution in [-0.4, -0.2) is 45.5 Å². The van der Waals surface area contributed by atoms with Crippen LogP contribution in [0.4, 0.5) is 8.78 Å². The van der Waals surface area contributed by atoms with Crippen molar-refractivity contribution >= 4 is 15.8 Å². The fraction of sp³-hybridized carbons (Fsp3) is 0.500. The van der Waals surface area contributed by atoms with Crippen LogP contribution in [0.3, 0.4) is 0 Å². The molecule has 2 rings (SSSR count). The molecule has 2 N–H and O–H groups in total. The number of nitrogens with one attached hydrogen (secondary N) is 2. The summed E-state index contributed by atoms with van der Waals surface area (Å²) in [6.45, 7) is 0.433. The molecule has 22 heavy (non-hydrogen) atoms. The summed E-state index contributed by atoms with van der Waals surface area (Å²) in [5, 5.41) is 6.05. The van der Waals surface area contributed by atoms with Gasteiger partial charge in [-0.2, -0.15) is 0 Å². The van der Waals surface area contributed by atoms with Gasteiger partial charge in [-0.3, -0.25) is 4.99 Å². The molecule has 1 aliphatic rings. The number of nitrogens with zero attached hydrogens (tertiary/aromatic N) is 1. The minimum Gasteiger partial charge on any atom is -0.356 e. The Balaban J connectivity index is 1.82. The molecule has 5 nitrogen and oxygen atoms in total. The van der Waals surface area contributed by atoms with E-state index in [9.17, 15) is 17.2 Å². The number of benzene rings is 1. The Bertz CT molecular complexity index is 642. The maximum Gasteiger partial charge on any atom is 0.191 e. The van der Waals surface area contributed by atoms with Gasteiger partial charge in [0.05, 0.1) is 11.5 Å². The standard InChI is InChI=1S/C14H19F2N3O2S/c1-17-14(19-13-3-5-22(20,21)9-13)18-4-2-10-6-11(15)8-12(16)7-10/h6-8,13H,2-5,9H2,1H3,(H2,17,18,19). The number of aliphatic imine (C=N–C) groups is 1. The molecule has 0 aliphatic carbocycles. The Morgan fingerprint density at radius 1 is 1.32 bits per heavy atom. The van der Waals surface area contributed by atoms with Crippen LogP contribution in [0.1, 0.15) is 12.0 Å². The first-order chi connectivity index (χ1) is 10.4. The zero-order valence-electron chi connectivity index (χ0n) is 12.3. The summed E-state index contributed by atoms with van der Waals surface area (Å²) in [4.78, 5) is 4.02. The molecule has 1 fully saturated rings. The Kier molecular flexibility index (Phi) is 5.33. The number of sulfone groups is 1. The molecule has 0 saturated carbocycles. The molecule has 0 bridgehead atoms. The van der Waals surface area contributed by atoms with Gasteiger partial charge in [0.25, 0.3) is 0 Å². The van der Waals surface area contributed by atoms with Gasteiger partial charge in [0.2, 0.25) is 0 Å². The van der Waals surface area contributed by atoms with Crippen molar-refractivity contribution < 1.29 is 17.2 Å². The van der Waals surface area contributed by atoms with Crippen molar-refractivity contribution in [1.82, 2.24) is 10.6 Å². The van der Waals surface area contributed by atoms with Crippen LogP contribution >= 0.6 is 0 Å². The Labute approximate surface area is 128 Å². The van der Waals surface area contributed by atoms with Crippen LogP contribution in [0.25, 0.3) is 0 Å². The molecule has 1 unspecified atom stereocenters. The first kappa shape index (κ1) is 16.7. The van der Waals surface area contributed by atoms with Gasteiger partial charge in [-0.25, -0.2) is 17.2 Å². The third kappa shape index (κ3) is 4.94. The maximum atomic E-state index is 13.1. The highest BCUT2D eigenvalue weighted by molar-refractivity contribution is 7.91. The van der Waals surface area contributed by atoms with Crippen molar-refractivity contribution in [3.63, 3.8) is 0 Å². The molecule has 0 amide bonds. The van der Waals surface area contributed by atoms with E-state index in [1.54, 1.807) is 7.05 Å². The zero-order valence-corrected chi connectivity index (χ0v) is 13.1. The fourth-order valence-electron chi connectivity index (χ4n) is 2.38. The topological polar surface area (TPSA) is 70.6 Å². The van der Waals surface area contributed by atoms with E-state index in [0.717, 1.165) is 6.07 Å². The monoisotopic (exact) mass is 331 g/mol. The van der Waals surface area contributed by atoms with Crippen LogP contribution in [0.2, 0.25) is 0 Å². The molecule has 1 aromatic carbocycles. The first-order valence-electron chi connectivity index (χ1n) is 7.00. The fourth-order valence-corrected chi connectivity index (χ4v) is 4.05. The Hall–Kier alpha value is -1.70. The summed E-state index contributed by atoms with van der Waals surface area (Å²) in [6, 6.07) is 3.25. The molecule has 1 saturated heterocycles. The molecular formula is C14H19F2N3O2S. The molecule has 8 heteroatoms. The number of halogens is 2. The van der Waals surface area contributed by atoms with Gasteiger partial charge >= 0.3 is 0 Å². The number of guanidine groups is 1. The zero-order chi connectivity index (χ0) is 16.2. The van der Waals surface area contributed by atoms with E-state index in [4.69, 9.17) is 0 Å². The summed E-state index contributed by atoms with van der Waals surface area (Å²) in [5.41, 5.74) is 0.545. The van der Waals surface area contributed by atoms with Crippen molar-refractivity contribution in [2.75, 3.05) is 25.1 Å². The molecule has 1 aromatic rings. The predicted molar refractivity (Wildman–Crippen MR) is 81.6 cm³/mol. The van der Waals surface area contributed by atoms with Crippen LogP contribution < -0.4 is 10.6 Å². The van der Waals surface area contributed by atoms with Gasteiger partial charge in [0.1, 0.15) is 11.6 Å². The highest BCUT2D eigenvalue weighted by atomic mass is 32.2. The van der Waals surface area contributed by atoms with Crippen molar-refractivity contribution in [2.45, 2.75) is 18.9 Å². The average molecular weight is 331 g/mol. The van der Waals surface area contributed by atoms with E-state index in [1.807, 2.05) is 0 Å². The summed E-state index contributed by atoms with van der Waals surface area (Å²) in [7, 11) is -1.37. The first-order valence-corrected chi connectivity index (χ1v) is 8.83. The molecule has 1 heterocycles. The third-order valence-corrected chi connectivity index (χ3v) is 5.19. The molecule has 1 aliphatic heterocycles. The summed E-state index contributed by atoms with van der Waals surface area (Å²) >= 11 is 0. The van der Waals surface area contributed by atoms with E-state index >= 15 is 0 Å². The minimum atomic E-state index is -2.95. The highest BCUT2D eigenvalue weighted by Crippen LogP contribution is 2.11. The smallest absolute Gasteiger partial charge is 0.191 e. The number of hydrogen-bond donors (Lipinski definition) is 2. The second kappa shape index (κ2) is 7.04. The second-order valence-electron chi connectivity index (χ2n) is 5.27. The van der Waals surface area contributed by atoms with E-state index < -0.39 is 21.5 Å². The Morgan fingerprint density at radius 2 is 2.00 bits per heavy atom. The van der Waals surface area contributed by atoms with Crippen LogP contribution in [-0.2, 0) is 16.3 Å². The summed E-state index contributed by atoms with van der Waals surface area (Å²) in [6.07, 6.45) is 0.983. The summed E-state index contributed by atoms with van der Waals surface area (Å²) in [5.74, 6) is -0.436.